The highest BCUT2D eigenvalue weighted by atomic mass is 32.1. The molecule has 13 heteroatoms. The first kappa shape index (κ1) is 23.6. The Kier molecular flexibility index (Phi) is 10.2. The van der Waals surface area contributed by atoms with Gasteiger partial charge < -0.3 is 37.0 Å². The second kappa shape index (κ2) is 11.3. The van der Waals surface area contributed by atoms with Crippen molar-refractivity contribution in [3.63, 3.8) is 0 Å². The summed E-state index contributed by atoms with van der Waals surface area (Å²) in [6.07, 6.45) is -0.837. The number of hydrogen-bond acceptors (Lipinski definition) is 8. The van der Waals surface area contributed by atoms with Gasteiger partial charge in [0.2, 0.25) is 17.7 Å². The maximum absolute atomic E-state index is 12.1. The fourth-order valence-corrected chi connectivity index (χ4v) is 1.86. The molecule has 0 rings (SSSR count). The number of aliphatic carboxylic acids is 2. The third-order valence-electron chi connectivity index (χ3n) is 3.09. The smallest absolute Gasteiger partial charge is 0.326 e. The predicted molar refractivity (Wildman–Crippen MR) is 90.3 cm³/mol. The van der Waals surface area contributed by atoms with Gasteiger partial charge in [0.05, 0.1) is 13.0 Å². The molecule has 0 spiro atoms. The molecule has 0 aliphatic rings. The van der Waals surface area contributed by atoms with Crippen LogP contribution in [0.4, 0.5) is 0 Å². The summed E-state index contributed by atoms with van der Waals surface area (Å²) in [7, 11) is 0. The highest BCUT2D eigenvalue weighted by molar-refractivity contribution is 7.80. The van der Waals surface area contributed by atoms with Crippen LogP contribution < -0.4 is 21.7 Å². The van der Waals surface area contributed by atoms with E-state index in [1.165, 1.54) is 6.92 Å². The highest BCUT2D eigenvalue weighted by Crippen LogP contribution is 1.97. The van der Waals surface area contributed by atoms with Crippen molar-refractivity contribution in [1.29, 1.82) is 0 Å². The molecule has 3 amide bonds. The normalized spacial score (nSPS) is 15.1. The molecule has 148 valence electrons. The molecule has 4 unspecified atom stereocenters. The number of carboxylic acids is 2. The van der Waals surface area contributed by atoms with E-state index in [0.29, 0.717) is 0 Å². The lowest BCUT2D eigenvalue weighted by Crippen LogP contribution is -2.57. The van der Waals surface area contributed by atoms with E-state index in [1.54, 1.807) is 0 Å². The number of rotatable bonds is 11. The first-order valence-corrected chi connectivity index (χ1v) is 7.99. The lowest BCUT2D eigenvalue weighted by molar-refractivity contribution is -0.147. The Hall–Kier alpha value is -2.38. The summed E-state index contributed by atoms with van der Waals surface area (Å²) in [5.74, 6) is -5.63. The van der Waals surface area contributed by atoms with Crippen molar-refractivity contribution in [3.05, 3.63) is 0 Å². The Bertz CT molecular complexity index is 558. The lowest BCUT2D eigenvalue weighted by atomic mass is 10.2. The van der Waals surface area contributed by atoms with E-state index in [-0.39, 0.29) is 5.75 Å². The maximum atomic E-state index is 12.1. The molecule has 12 nitrogen and oxygen atoms in total. The van der Waals surface area contributed by atoms with Crippen LogP contribution in [0.5, 0.6) is 0 Å². The molecule has 0 saturated carbocycles. The first-order chi connectivity index (χ1) is 12.0. The molecular weight excluding hydrogens is 372 g/mol. The van der Waals surface area contributed by atoms with Crippen LogP contribution in [-0.2, 0) is 24.0 Å². The molecule has 0 aromatic heterocycles. The van der Waals surface area contributed by atoms with Crippen molar-refractivity contribution in [1.82, 2.24) is 16.0 Å². The third kappa shape index (κ3) is 8.13. The summed E-state index contributed by atoms with van der Waals surface area (Å²) >= 11 is 3.90. The van der Waals surface area contributed by atoms with E-state index in [4.69, 9.17) is 21.1 Å². The van der Waals surface area contributed by atoms with Gasteiger partial charge in [-0.15, -0.1) is 0 Å². The van der Waals surface area contributed by atoms with Gasteiger partial charge in [0.1, 0.15) is 24.2 Å². The molecule has 0 radical (unpaired) electrons. The molecule has 0 fully saturated rings. The molecular formula is C13H22N4O8S. The Morgan fingerprint density at radius 1 is 0.962 bits per heavy atom. The van der Waals surface area contributed by atoms with Gasteiger partial charge in [0, 0.05) is 5.75 Å². The van der Waals surface area contributed by atoms with Crippen molar-refractivity contribution in [2.75, 3.05) is 12.4 Å². The minimum absolute atomic E-state index is 0.138. The standard InChI is InChI=1S/C13H22N4O8S/c1-5(10(21)16-7(13(24)25)2-9(19)20)15-12(23)8(4-26)17-11(22)6(14)3-18/h5-8,18,26H,2-4,14H2,1H3,(H,15,23)(H,16,21)(H,17,22)(H,19,20)(H,24,25). The molecule has 0 heterocycles. The SMILES string of the molecule is CC(NC(=O)C(CS)NC(=O)C(N)CO)C(=O)NC(CC(=O)O)C(=O)O. The molecule has 8 N–H and O–H groups in total. The van der Waals surface area contributed by atoms with Gasteiger partial charge in [-0.2, -0.15) is 12.6 Å². The fraction of sp³-hybridized carbons (Fsp3) is 0.615. The number of nitrogens with one attached hydrogen (secondary N) is 3. The summed E-state index contributed by atoms with van der Waals surface area (Å²) in [5.41, 5.74) is 5.31. The number of thiol groups is 1. The number of amides is 3. The van der Waals surface area contributed by atoms with Gasteiger partial charge in [-0.25, -0.2) is 4.79 Å². The van der Waals surface area contributed by atoms with E-state index in [9.17, 15) is 24.0 Å². The van der Waals surface area contributed by atoms with Crippen molar-refractivity contribution in [2.45, 2.75) is 37.5 Å². The molecule has 26 heavy (non-hydrogen) atoms. The topological polar surface area (TPSA) is 208 Å². The Morgan fingerprint density at radius 2 is 1.50 bits per heavy atom. The quantitative estimate of drug-likeness (QED) is 0.162. The monoisotopic (exact) mass is 394 g/mol. The maximum Gasteiger partial charge on any atom is 0.326 e. The Morgan fingerprint density at radius 3 is 1.92 bits per heavy atom. The molecule has 0 aromatic rings. The summed E-state index contributed by atoms with van der Waals surface area (Å²) in [6, 6.07) is -5.28. The molecule has 0 saturated heterocycles. The fourth-order valence-electron chi connectivity index (χ4n) is 1.61. The van der Waals surface area contributed by atoms with Crippen LogP contribution in [0.2, 0.25) is 0 Å². The average Bonchev–Trinajstić information content (AvgIpc) is 2.56. The van der Waals surface area contributed by atoms with Crippen LogP contribution in [0, 0.1) is 0 Å². The van der Waals surface area contributed by atoms with Crippen molar-refractivity contribution in [3.8, 4) is 0 Å². The van der Waals surface area contributed by atoms with Gasteiger partial charge in [0.15, 0.2) is 0 Å². The number of hydrogen-bond donors (Lipinski definition) is 8. The van der Waals surface area contributed by atoms with Crippen molar-refractivity contribution >= 4 is 42.3 Å². The number of carbonyl (C=O) groups is 5. The molecule has 0 bridgehead atoms. The minimum Gasteiger partial charge on any atom is -0.481 e. The van der Waals surface area contributed by atoms with Gasteiger partial charge in [0.25, 0.3) is 0 Å². The van der Waals surface area contributed by atoms with Crippen LogP contribution in [0.3, 0.4) is 0 Å². The average molecular weight is 394 g/mol. The first-order valence-electron chi connectivity index (χ1n) is 7.36. The van der Waals surface area contributed by atoms with E-state index < -0.39 is 66.9 Å². The van der Waals surface area contributed by atoms with Crippen molar-refractivity contribution in [2.24, 2.45) is 5.73 Å². The van der Waals surface area contributed by atoms with Crippen LogP contribution >= 0.6 is 12.6 Å². The number of carboxylic acid groups (broad SMARTS) is 2. The van der Waals surface area contributed by atoms with Gasteiger partial charge >= 0.3 is 11.9 Å². The second-order valence-corrected chi connectivity index (χ2v) is 5.63. The molecule has 0 aliphatic heterocycles. The highest BCUT2D eigenvalue weighted by Gasteiger charge is 2.28. The predicted octanol–water partition coefficient (Wildman–Crippen LogP) is -3.73. The molecule has 4 atom stereocenters. The zero-order valence-electron chi connectivity index (χ0n) is 13.8. The Balaban J connectivity index is 4.79. The number of aliphatic hydroxyl groups excluding tert-OH is 1. The minimum atomic E-state index is -1.66. The number of carbonyl (C=O) groups excluding carboxylic acids is 3. The van der Waals surface area contributed by atoms with Gasteiger partial charge in [-0.1, -0.05) is 0 Å². The summed E-state index contributed by atoms with van der Waals surface area (Å²) in [5, 5.41) is 32.7. The Labute approximate surface area is 153 Å². The second-order valence-electron chi connectivity index (χ2n) is 5.26. The number of aliphatic hydroxyl groups is 1. The van der Waals surface area contributed by atoms with Crippen LogP contribution in [0.1, 0.15) is 13.3 Å². The summed E-state index contributed by atoms with van der Waals surface area (Å²) < 4.78 is 0. The third-order valence-corrected chi connectivity index (χ3v) is 3.46. The zero-order chi connectivity index (χ0) is 20.4. The molecule has 0 aromatic carbocycles. The van der Waals surface area contributed by atoms with E-state index in [2.05, 4.69) is 23.3 Å². The zero-order valence-corrected chi connectivity index (χ0v) is 14.7. The van der Waals surface area contributed by atoms with E-state index in [1.807, 2.05) is 5.32 Å². The summed E-state index contributed by atoms with van der Waals surface area (Å²) in [6.45, 7) is 0.607. The summed E-state index contributed by atoms with van der Waals surface area (Å²) in [4.78, 5) is 57.1. The van der Waals surface area contributed by atoms with Crippen LogP contribution in [0.25, 0.3) is 0 Å². The van der Waals surface area contributed by atoms with Gasteiger partial charge in [-0.3, -0.25) is 19.2 Å². The number of nitrogens with two attached hydrogens (primary N) is 1. The van der Waals surface area contributed by atoms with Gasteiger partial charge in [-0.05, 0) is 6.92 Å². The largest absolute Gasteiger partial charge is 0.481 e. The van der Waals surface area contributed by atoms with Crippen LogP contribution in [0.15, 0.2) is 0 Å². The van der Waals surface area contributed by atoms with E-state index >= 15 is 0 Å². The lowest BCUT2D eigenvalue weighted by Gasteiger charge is -2.22. The van der Waals surface area contributed by atoms with Crippen molar-refractivity contribution < 1.29 is 39.3 Å². The molecule has 0 aliphatic carbocycles. The van der Waals surface area contributed by atoms with Crippen LogP contribution in [-0.4, -0.2) is 81.5 Å². The van der Waals surface area contributed by atoms with E-state index in [0.717, 1.165) is 0 Å².